The van der Waals surface area contributed by atoms with Gasteiger partial charge in [0.15, 0.2) is 0 Å². The number of carbonyl (C=O) groups is 1. The van der Waals surface area contributed by atoms with Crippen LogP contribution in [0.25, 0.3) is 11.3 Å². The van der Waals surface area contributed by atoms with Gasteiger partial charge in [-0.05, 0) is 17.7 Å². The molecule has 1 aromatic carbocycles. The highest BCUT2D eigenvalue weighted by atomic mass is 16.2. The molecule has 1 heterocycles. The Bertz CT molecular complexity index is 685. The number of urea groups is 1. The van der Waals surface area contributed by atoms with Gasteiger partial charge in [0.1, 0.15) is 0 Å². The quantitative estimate of drug-likeness (QED) is 0.650. The highest BCUT2D eigenvalue weighted by molar-refractivity contribution is 5.82. The molecule has 0 radical (unpaired) electrons. The first-order valence-corrected chi connectivity index (χ1v) is 5.74. The van der Waals surface area contributed by atoms with Gasteiger partial charge in [0.05, 0.1) is 23.5 Å². The molecule has 2 amide bonds. The number of hydrogen-bond acceptors (Lipinski definition) is 4. The van der Waals surface area contributed by atoms with Crippen molar-refractivity contribution in [1.82, 2.24) is 10.4 Å². The monoisotopic (exact) mass is 265 g/mol. The van der Waals surface area contributed by atoms with Gasteiger partial charge in [0, 0.05) is 11.8 Å². The molecule has 0 bridgehead atoms. The number of nitrogens with zero attached hydrogens (tertiary/aromatic N) is 3. The van der Waals surface area contributed by atoms with Gasteiger partial charge in [-0.2, -0.15) is 10.4 Å². The molecule has 0 fully saturated rings. The molecule has 20 heavy (non-hydrogen) atoms. The molecule has 0 spiro atoms. The number of rotatable bonds is 3. The summed E-state index contributed by atoms with van der Waals surface area (Å²) >= 11 is 0. The van der Waals surface area contributed by atoms with E-state index >= 15 is 0 Å². The zero-order valence-electron chi connectivity index (χ0n) is 10.4. The number of aromatic nitrogens is 1. The zero-order chi connectivity index (χ0) is 14.4. The number of amides is 2. The number of carbonyl (C=O) groups excluding carboxylic acids is 1. The second kappa shape index (κ2) is 6.11. The van der Waals surface area contributed by atoms with Crippen molar-refractivity contribution < 1.29 is 4.79 Å². The Morgan fingerprint density at radius 2 is 2.10 bits per heavy atom. The van der Waals surface area contributed by atoms with Crippen molar-refractivity contribution >= 4 is 12.2 Å². The first kappa shape index (κ1) is 13.2. The SMILES string of the molecule is N#Cc1ccnc(-c2ccc(C=NNC(N)=O)cc2)c1. The molecular formula is C14H11N5O. The molecule has 2 rings (SSSR count). The number of nitrogens with two attached hydrogens (primary N) is 1. The fourth-order valence-electron chi connectivity index (χ4n) is 1.57. The molecule has 2 aromatic rings. The summed E-state index contributed by atoms with van der Waals surface area (Å²) in [6.07, 6.45) is 3.08. The van der Waals surface area contributed by atoms with Gasteiger partial charge in [-0.25, -0.2) is 10.2 Å². The first-order valence-electron chi connectivity index (χ1n) is 5.74. The third-order valence-corrected chi connectivity index (χ3v) is 2.48. The molecule has 0 atom stereocenters. The Morgan fingerprint density at radius 3 is 2.75 bits per heavy atom. The van der Waals surface area contributed by atoms with Gasteiger partial charge < -0.3 is 5.73 Å². The number of nitrogens with one attached hydrogen (secondary N) is 1. The predicted molar refractivity (Wildman–Crippen MR) is 74.7 cm³/mol. The van der Waals surface area contributed by atoms with Crippen molar-refractivity contribution in [2.75, 3.05) is 0 Å². The molecule has 3 N–H and O–H groups in total. The lowest BCUT2D eigenvalue weighted by Gasteiger charge is -2.01. The van der Waals surface area contributed by atoms with E-state index in [1.54, 1.807) is 18.3 Å². The van der Waals surface area contributed by atoms with Crippen molar-refractivity contribution in [3.63, 3.8) is 0 Å². The number of nitriles is 1. The highest BCUT2D eigenvalue weighted by Crippen LogP contribution is 2.17. The lowest BCUT2D eigenvalue weighted by molar-refractivity contribution is 0.249. The summed E-state index contributed by atoms with van der Waals surface area (Å²) in [6.45, 7) is 0. The number of hydrogen-bond donors (Lipinski definition) is 2. The topological polar surface area (TPSA) is 104 Å². The predicted octanol–water partition coefficient (Wildman–Crippen LogP) is 1.62. The Hall–Kier alpha value is -3.20. The molecule has 0 aliphatic heterocycles. The van der Waals surface area contributed by atoms with Crippen LogP contribution in [0, 0.1) is 11.3 Å². The zero-order valence-corrected chi connectivity index (χ0v) is 10.4. The van der Waals surface area contributed by atoms with E-state index in [1.807, 2.05) is 24.3 Å². The molecule has 0 saturated heterocycles. The molecule has 0 saturated carbocycles. The van der Waals surface area contributed by atoms with E-state index in [9.17, 15) is 4.79 Å². The largest absolute Gasteiger partial charge is 0.350 e. The van der Waals surface area contributed by atoms with E-state index in [4.69, 9.17) is 11.0 Å². The molecule has 6 heteroatoms. The van der Waals surface area contributed by atoms with Crippen LogP contribution in [0.1, 0.15) is 11.1 Å². The van der Waals surface area contributed by atoms with Gasteiger partial charge in [0.25, 0.3) is 0 Å². The van der Waals surface area contributed by atoms with Crippen LogP contribution in [0.15, 0.2) is 47.7 Å². The van der Waals surface area contributed by atoms with Crippen LogP contribution in [-0.4, -0.2) is 17.2 Å². The molecule has 6 nitrogen and oxygen atoms in total. The van der Waals surface area contributed by atoms with E-state index in [1.165, 1.54) is 6.21 Å². The van der Waals surface area contributed by atoms with Crippen molar-refractivity contribution in [3.05, 3.63) is 53.7 Å². The number of benzene rings is 1. The lowest BCUT2D eigenvalue weighted by atomic mass is 10.1. The average Bonchev–Trinajstić information content (AvgIpc) is 2.48. The van der Waals surface area contributed by atoms with E-state index < -0.39 is 6.03 Å². The van der Waals surface area contributed by atoms with Gasteiger partial charge >= 0.3 is 6.03 Å². The smallest absolute Gasteiger partial charge is 0.332 e. The molecule has 1 aromatic heterocycles. The number of primary amides is 1. The molecule has 0 aliphatic rings. The van der Waals surface area contributed by atoms with Crippen LogP contribution in [0.5, 0.6) is 0 Å². The lowest BCUT2D eigenvalue weighted by Crippen LogP contribution is -2.24. The van der Waals surface area contributed by atoms with Gasteiger partial charge in [-0.3, -0.25) is 4.98 Å². The van der Waals surface area contributed by atoms with Gasteiger partial charge in [0.2, 0.25) is 0 Å². The van der Waals surface area contributed by atoms with Crippen molar-refractivity contribution in [2.24, 2.45) is 10.8 Å². The minimum absolute atomic E-state index is 0.561. The average molecular weight is 265 g/mol. The van der Waals surface area contributed by atoms with E-state index in [2.05, 4.69) is 21.6 Å². The van der Waals surface area contributed by atoms with Gasteiger partial charge in [-0.1, -0.05) is 24.3 Å². The van der Waals surface area contributed by atoms with Crippen molar-refractivity contribution in [1.29, 1.82) is 5.26 Å². The van der Waals surface area contributed by atoms with E-state index in [0.717, 1.165) is 16.8 Å². The van der Waals surface area contributed by atoms with Gasteiger partial charge in [-0.15, -0.1) is 0 Å². The Kier molecular flexibility index (Phi) is 4.04. The summed E-state index contributed by atoms with van der Waals surface area (Å²) in [4.78, 5) is 14.7. The van der Waals surface area contributed by atoms with E-state index in [-0.39, 0.29) is 0 Å². The summed E-state index contributed by atoms with van der Waals surface area (Å²) in [5.41, 5.74) is 9.98. The number of hydrazone groups is 1. The summed E-state index contributed by atoms with van der Waals surface area (Å²) < 4.78 is 0. The van der Waals surface area contributed by atoms with Crippen LogP contribution < -0.4 is 11.2 Å². The maximum Gasteiger partial charge on any atom is 0.332 e. The van der Waals surface area contributed by atoms with Crippen LogP contribution in [0.3, 0.4) is 0 Å². The normalized spacial score (nSPS) is 10.2. The van der Waals surface area contributed by atoms with Crippen LogP contribution >= 0.6 is 0 Å². The van der Waals surface area contributed by atoms with Crippen LogP contribution in [0.2, 0.25) is 0 Å². The molecule has 98 valence electrons. The summed E-state index contributed by atoms with van der Waals surface area (Å²) in [5.74, 6) is 0. The highest BCUT2D eigenvalue weighted by Gasteiger charge is 2.00. The minimum atomic E-state index is -0.713. The Balaban J connectivity index is 2.17. The molecule has 0 aliphatic carbocycles. The first-order chi connectivity index (χ1) is 9.69. The Morgan fingerprint density at radius 1 is 1.35 bits per heavy atom. The van der Waals surface area contributed by atoms with E-state index in [0.29, 0.717) is 5.56 Å². The third kappa shape index (κ3) is 3.40. The fourth-order valence-corrected chi connectivity index (χ4v) is 1.57. The summed E-state index contributed by atoms with van der Waals surface area (Å²) in [5, 5.41) is 12.5. The minimum Gasteiger partial charge on any atom is -0.350 e. The number of pyridine rings is 1. The van der Waals surface area contributed by atoms with Crippen molar-refractivity contribution in [2.45, 2.75) is 0 Å². The fraction of sp³-hybridized carbons (Fsp3) is 0. The maximum atomic E-state index is 10.5. The molecule has 0 unspecified atom stereocenters. The summed E-state index contributed by atoms with van der Waals surface area (Å²) in [6, 6.07) is 12.1. The molecular weight excluding hydrogens is 254 g/mol. The maximum absolute atomic E-state index is 10.5. The van der Waals surface area contributed by atoms with Crippen LogP contribution in [0.4, 0.5) is 4.79 Å². The standard InChI is InChI=1S/C14H11N5O/c15-8-11-5-6-17-13(7-11)12-3-1-10(2-4-12)9-18-19-14(16)20/h1-7,9H,(H3,16,19,20). The Labute approximate surface area is 115 Å². The second-order valence-electron chi connectivity index (χ2n) is 3.90. The van der Waals surface area contributed by atoms with Crippen molar-refractivity contribution in [3.8, 4) is 17.3 Å². The third-order valence-electron chi connectivity index (χ3n) is 2.48. The summed E-state index contributed by atoms with van der Waals surface area (Å²) in [7, 11) is 0. The second-order valence-corrected chi connectivity index (χ2v) is 3.90. The van der Waals surface area contributed by atoms with Crippen LogP contribution in [-0.2, 0) is 0 Å².